The number of nitrogens with zero attached hydrogens (tertiary/aromatic N) is 2. The molecule has 4 rings (SSSR count). The van der Waals surface area contributed by atoms with Crippen molar-refractivity contribution in [2.24, 2.45) is 7.05 Å². The van der Waals surface area contributed by atoms with Crippen molar-refractivity contribution in [1.82, 2.24) is 20.4 Å². The van der Waals surface area contributed by atoms with Gasteiger partial charge in [0.2, 0.25) is 0 Å². The van der Waals surface area contributed by atoms with E-state index in [-0.39, 0.29) is 12.1 Å². The van der Waals surface area contributed by atoms with Crippen molar-refractivity contribution >= 4 is 6.03 Å². The number of hydrogen-bond acceptors (Lipinski definition) is 2. The molecule has 2 amide bonds. The van der Waals surface area contributed by atoms with Crippen LogP contribution in [0.1, 0.15) is 53.6 Å². The SMILES string of the molecule is Cn1nccc1CCNC(=O)NC1CC2CCCc3cccc1c32. The van der Waals surface area contributed by atoms with Gasteiger partial charge in [-0.05, 0) is 54.4 Å². The lowest BCUT2D eigenvalue weighted by Gasteiger charge is -2.20. The molecule has 5 nitrogen and oxygen atoms in total. The topological polar surface area (TPSA) is 59.0 Å². The number of rotatable bonds is 4. The van der Waals surface area contributed by atoms with E-state index in [9.17, 15) is 4.79 Å². The van der Waals surface area contributed by atoms with Gasteiger partial charge in [-0.15, -0.1) is 0 Å². The average molecular weight is 324 g/mol. The summed E-state index contributed by atoms with van der Waals surface area (Å²) < 4.78 is 1.84. The third kappa shape index (κ3) is 2.79. The van der Waals surface area contributed by atoms with E-state index in [4.69, 9.17) is 0 Å². The second kappa shape index (κ2) is 6.30. The number of urea groups is 1. The fraction of sp³-hybridized carbons (Fsp3) is 0.474. The van der Waals surface area contributed by atoms with Crippen molar-refractivity contribution in [3.05, 3.63) is 52.8 Å². The number of carbonyl (C=O) groups excluding carboxylic acids is 1. The van der Waals surface area contributed by atoms with Crippen molar-refractivity contribution in [3.63, 3.8) is 0 Å². The maximum Gasteiger partial charge on any atom is 0.315 e. The molecule has 0 saturated carbocycles. The molecule has 2 unspecified atom stereocenters. The first-order chi connectivity index (χ1) is 11.7. The fourth-order valence-electron chi connectivity index (χ4n) is 4.28. The average Bonchev–Trinajstić information content (AvgIpc) is 3.14. The Morgan fingerprint density at radius 2 is 2.29 bits per heavy atom. The van der Waals surface area contributed by atoms with Gasteiger partial charge >= 0.3 is 6.03 Å². The smallest absolute Gasteiger partial charge is 0.315 e. The highest BCUT2D eigenvalue weighted by Crippen LogP contribution is 2.47. The number of amides is 2. The van der Waals surface area contributed by atoms with Gasteiger partial charge in [0.05, 0.1) is 6.04 Å². The lowest BCUT2D eigenvalue weighted by molar-refractivity contribution is 0.236. The van der Waals surface area contributed by atoms with Gasteiger partial charge in [0.25, 0.3) is 0 Å². The lowest BCUT2D eigenvalue weighted by atomic mass is 9.84. The van der Waals surface area contributed by atoms with Gasteiger partial charge in [-0.2, -0.15) is 5.10 Å². The second-order valence-electron chi connectivity index (χ2n) is 6.89. The standard InChI is InChI=1S/C19H24N4O/c1-23-15(9-11-21-23)8-10-20-19(24)22-17-12-14-6-2-4-13-5-3-7-16(17)18(13)14/h3,5,7,9,11,14,17H,2,4,6,8,10,12H2,1H3,(H2,20,22,24). The van der Waals surface area contributed by atoms with Crippen LogP contribution in [0.3, 0.4) is 0 Å². The van der Waals surface area contributed by atoms with Crippen LogP contribution in [0.4, 0.5) is 4.79 Å². The van der Waals surface area contributed by atoms with Gasteiger partial charge in [-0.1, -0.05) is 18.2 Å². The minimum atomic E-state index is -0.0709. The minimum Gasteiger partial charge on any atom is -0.338 e. The molecule has 2 aliphatic rings. The van der Waals surface area contributed by atoms with Crippen molar-refractivity contribution in [2.75, 3.05) is 6.54 Å². The molecule has 1 heterocycles. The molecule has 0 aliphatic heterocycles. The van der Waals surface area contributed by atoms with Crippen LogP contribution in [0.2, 0.25) is 0 Å². The monoisotopic (exact) mass is 324 g/mol. The van der Waals surface area contributed by atoms with Gasteiger partial charge < -0.3 is 10.6 Å². The Labute approximate surface area is 142 Å². The molecular weight excluding hydrogens is 300 g/mol. The Morgan fingerprint density at radius 1 is 1.38 bits per heavy atom. The van der Waals surface area contributed by atoms with Crippen LogP contribution in [0, 0.1) is 0 Å². The summed E-state index contributed by atoms with van der Waals surface area (Å²) in [5.41, 5.74) is 5.46. The Morgan fingerprint density at radius 3 is 3.12 bits per heavy atom. The van der Waals surface area contributed by atoms with Crippen molar-refractivity contribution in [3.8, 4) is 0 Å². The number of aromatic nitrogens is 2. The minimum absolute atomic E-state index is 0.0709. The highest BCUT2D eigenvalue weighted by molar-refractivity contribution is 5.74. The van der Waals surface area contributed by atoms with Gasteiger partial charge in [0.15, 0.2) is 0 Å². The van der Waals surface area contributed by atoms with E-state index in [2.05, 4.69) is 33.9 Å². The second-order valence-corrected chi connectivity index (χ2v) is 6.89. The number of aryl methyl sites for hydroxylation is 2. The van der Waals surface area contributed by atoms with Gasteiger partial charge in [-0.3, -0.25) is 4.68 Å². The normalized spacial score (nSPS) is 21.4. The van der Waals surface area contributed by atoms with Crippen LogP contribution < -0.4 is 10.6 Å². The van der Waals surface area contributed by atoms with E-state index < -0.39 is 0 Å². The Bertz CT molecular complexity index is 752. The predicted molar refractivity (Wildman–Crippen MR) is 92.9 cm³/mol. The molecular formula is C19H24N4O. The lowest BCUT2D eigenvalue weighted by Crippen LogP contribution is -2.38. The summed E-state index contributed by atoms with van der Waals surface area (Å²) in [6.45, 7) is 0.619. The summed E-state index contributed by atoms with van der Waals surface area (Å²) in [5, 5.41) is 10.3. The summed E-state index contributed by atoms with van der Waals surface area (Å²) in [4.78, 5) is 12.3. The molecule has 1 aromatic heterocycles. The molecule has 5 heteroatoms. The summed E-state index contributed by atoms with van der Waals surface area (Å²) >= 11 is 0. The van der Waals surface area contributed by atoms with E-state index in [1.165, 1.54) is 36.0 Å². The summed E-state index contributed by atoms with van der Waals surface area (Å²) in [5.74, 6) is 0.629. The maximum atomic E-state index is 12.3. The first kappa shape index (κ1) is 15.2. The maximum absolute atomic E-state index is 12.3. The molecule has 24 heavy (non-hydrogen) atoms. The predicted octanol–water partition coefficient (Wildman–Crippen LogP) is 2.83. The molecule has 2 aromatic rings. The van der Waals surface area contributed by atoms with Crippen LogP contribution in [0.5, 0.6) is 0 Å². The van der Waals surface area contributed by atoms with Crippen LogP contribution in [-0.2, 0) is 19.9 Å². The summed E-state index contributed by atoms with van der Waals surface area (Å²) in [6.07, 6.45) is 7.32. The zero-order valence-corrected chi connectivity index (χ0v) is 14.1. The van der Waals surface area contributed by atoms with Gasteiger partial charge in [-0.25, -0.2) is 4.79 Å². The van der Waals surface area contributed by atoms with E-state index >= 15 is 0 Å². The van der Waals surface area contributed by atoms with Crippen molar-refractivity contribution in [2.45, 2.75) is 44.1 Å². The fourth-order valence-corrected chi connectivity index (χ4v) is 4.28. The number of nitrogens with one attached hydrogen (secondary N) is 2. The highest BCUT2D eigenvalue weighted by Gasteiger charge is 2.35. The zero-order valence-electron chi connectivity index (χ0n) is 14.1. The molecule has 0 saturated heterocycles. The van der Waals surface area contributed by atoms with Crippen LogP contribution >= 0.6 is 0 Å². The first-order valence-electron chi connectivity index (χ1n) is 8.85. The summed E-state index contributed by atoms with van der Waals surface area (Å²) in [6, 6.07) is 8.63. The van der Waals surface area contributed by atoms with E-state index in [0.717, 1.165) is 18.5 Å². The Balaban J connectivity index is 1.36. The van der Waals surface area contributed by atoms with E-state index in [1.807, 2.05) is 17.8 Å². The molecule has 126 valence electrons. The third-order valence-electron chi connectivity index (χ3n) is 5.43. The molecule has 0 fully saturated rings. The van der Waals surface area contributed by atoms with Crippen LogP contribution in [0.25, 0.3) is 0 Å². The van der Waals surface area contributed by atoms with Gasteiger partial charge in [0.1, 0.15) is 0 Å². The van der Waals surface area contributed by atoms with Crippen molar-refractivity contribution < 1.29 is 4.79 Å². The zero-order chi connectivity index (χ0) is 16.5. The molecule has 0 bridgehead atoms. The third-order valence-corrected chi connectivity index (χ3v) is 5.43. The van der Waals surface area contributed by atoms with E-state index in [0.29, 0.717) is 12.5 Å². The Kier molecular flexibility index (Phi) is 4.00. The molecule has 2 aliphatic carbocycles. The largest absolute Gasteiger partial charge is 0.338 e. The number of hydrogen-bond donors (Lipinski definition) is 2. The molecule has 0 spiro atoms. The van der Waals surface area contributed by atoms with Crippen molar-refractivity contribution in [1.29, 1.82) is 0 Å². The number of benzene rings is 1. The first-order valence-corrected chi connectivity index (χ1v) is 8.85. The molecule has 2 N–H and O–H groups in total. The molecule has 0 radical (unpaired) electrons. The quantitative estimate of drug-likeness (QED) is 0.908. The highest BCUT2D eigenvalue weighted by atomic mass is 16.2. The molecule has 1 aromatic carbocycles. The number of carbonyl (C=O) groups is 1. The van der Waals surface area contributed by atoms with Crippen LogP contribution in [-0.4, -0.2) is 22.4 Å². The summed E-state index contributed by atoms with van der Waals surface area (Å²) in [7, 11) is 1.92. The molecule has 2 atom stereocenters. The van der Waals surface area contributed by atoms with Crippen LogP contribution in [0.15, 0.2) is 30.5 Å². The van der Waals surface area contributed by atoms with E-state index in [1.54, 1.807) is 6.20 Å². The van der Waals surface area contributed by atoms with Gasteiger partial charge in [0, 0.05) is 31.9 Å². The Hall–Kier alpha value is -2.30.